The first-order valence-electron chi connectivity index (χ1n) is 3.97. The van der Waals surface area contributed by atoms with E-state index in [2.05, 4.69) is 4.37 Å². The van der Waals surface area contributed by atoms with Crippen molar-refractivity contribution < 1.29 is 4.79 Å². The fourth-order valence-electron chi connectivity index (χ4n) is 1.09. The second-order valence-electron chi connectivity index (χ2n) is 2.74. The number of aromatic nitrogens is 1. The Labute approximate surface area is 90.3 Å². The van der Waals surface area contributed by atoms with Gasteiger partial charge in [-0.1, -0.05) is 23.7 Å². The molecule has 0 unspecified atom stereocenters. The average Bonchev–Trinajstić information content (AvgIpc) is 2.67. The quantitative estimate of drug-likeness (QED) is 0.732. The molecule has 0 aliphatic heterocycles. The summed E-state index contributed by atoms with van der Waals surface area (Å²) in [6, 6.07) is 9.21. The lowest BCUT2D eigenvalue weighted by atomic mass is 10.2. The van der Waals surface area contributed by atoms with Crippen LogP contribution in [0, 0.1) is 0 Å². The van der Waals surface area contributed by atoms with Crippen molar-refractivity contribution in [2.45, 2.75) is 0 Å². The van der Waals surface area contributed by atoms with Crippen molar-refractivity contribution in [3.63, 3.8) is 0 Å². The molecule has 4 heteroatoms. The Kier molecular flexibility index (Phi) is 2.61. The minimum Gasteiger partial charge on any atom is -0.296 e. The van der Waals surface area contributed by atoms with E-state index in [0.29, 0.717) is 10.7 Å². The molecule has 70 valence electrons. The lowest BCUT2D eigenvalue weighted by Crippen LogP contribution is -1.74. The maximum Gasteiger partial charge on any atom is 0.169 e. The number of carbonyl (C=O) groups is 1. The number of hydrogen-bond donors (Lipinski definition) is 0. The fraction of sp³-hybridized carbons (Fsp3) is 0. The minimum absolute atomic E-state index is 0.472. The van der Waals surface area contributed by atoms with E-state index in [-0.39, 0.29) is 0 Å². The molecule has 1 aromatic carbocycles. The monoisotopic (exact) mass is 223 g/mol. The Morgan fingerprint density at radius 1 is 1.29 bits per heavy atom. The van der Waals surface area contributed by atoms with Gasteiger partial charge in [0, 0.05) is 5.02 Å². The average molecular weight is 224 g/mol. The Bertz CT molecular complexity index is 449. The van der Waals surface area contributed by atoms with Gasteiger partial charge in [0.2, 0.25) is 0 Å². The summed E-state index contributed by atoms with van der Waals surface area (Å²) in [5.74, 6) is 0. The van der Waals surface area contributed by atoms with Crippen LogP contribution in [0.15, 0.2) is 30.3 Å². The number of rotatable bonds is 2. The summed E-state index contributed by atoms with van der Waals surface area (Å²) in [6.45, 7) is 0. The van der Waals surface area contributed by atoms with Crippen LogP contribution in [0.5, 0.6) is 0 Å². The van der Waals surface area contributed by atoms with Crippen LogP contribution in [0.25, 0.3) is 10.4 Å². The van der Waals surface area contributed by atoms with E-state index < -0.39 is 0 Å². The van der Waals surface area contributed by atoms with Gasteiger partial charge in [0.05, 0.1) is 4.88 Å². The van der Waals surface area contributed by atoms with Crippen LogP contribution >= 0.6 is 23.1 Å². The number of hydrogen-bond acceptors (Lipinski definition) is 3. The third-order valence-electron chi connectivity index (χ3n) is 1.78. The van der Waals surface area contributed by atoms with Crippen molar-refractivity contribution in [2.24, 2.45) is 0 Å². The Morgan fingerprint density at radius 3 is 2.57 bits per heavy atom. The minimum atomic E-state index is 0.472. The van der Waals surface area contributed by atoms with Crippen LogP contribution in [0.4, 0.5) is 0 Å². The van der Waals surface area contributed by atoms with E-state index in [4.69, 9.17) is 11.6 Å². The van der Waals surface area contributed by atoms with Gasteiger partial charge in [0.1, 0.15) is 5.69 Å². The summed E-state index contributed by atoms with van der Waals surface area (Å²) in [7, 11) is 0. The molecule has 1 aromatic heterocycles. The highest BCUT2D eigenvalue weighted by Crippen LogP contribution is 2.25. The zero-order valence-corrected chi connectivity index (χ0v) is 8.68. The summed E-state index contributed by atoms with van der Waals surface area (Å²) in [4.78, 5) is 11.4. The molecule has 0 amide bonds. The molecule has 0 spiro atoms. The van der Waals surface area contributed by atoms with Crippen molar-refractivity contribution in [1.82, 2.24) is 4.37 Å². The maximum absolute atomic E-state index is 10.4. The maximum atomic E-state index is 10.4. The third-order valence-corrected chi connectivity index (χ3v) is 2.88. The third kappa shape index (κ3) is 1.84. The van der Waals surface area contributed by atoms with E-state index >= 15 is 0 Å². The molecule has 2 rings (SSSR count). The van der Waals surface area contributed by atoms with E-state index in [1.54, 1.807) is 6.07 Å². The molecule has 0 radical (unpaired) electrons. The van der Waals surface area contributed by atoms with Crippen LogP contribution in [-0.2, 0) is 0 Å². The van der Waals surface area contributed by atoms with Gasteiger partial charge in [-0.05, 0) is 35.3 Å². The standard InChI is InChI=1S/C10H6ClNOS/c11-8-3-1-7(2-4-8)10-5-9(6-13)12-14-10/h1-6H. The van der Waals surface area contributed by atoms with Crippen LogP contribution in [0.1, 0.15) is 10.5 Å². The van der Waals surface area contributed by atoms with Crippen molar-refractivity contribution >= 4 is 29.4 Å². The first kappa shape index (κ1) is 9.37. The molecule has 1 heterocycles. The molecule has 2 aromatic rings. The SMILES string of the molecule is O=Cc1cc(-c2ccc(Cl)cc2)sn1. The zero-order chi connectivity index (χ0) is 9.97. The summed E-state index contributed by atoms with van der Waals surface area (Å²) in [5.41, 5.74) is 1.50. The largest absolute Gasteiger partial charge is 0.296 e. The molecule has 0 N–H and O–H groups in total. The highest BCUT2D eigenvalue weighted by atomic mass is 35.5. The predicted molar refractivity (Wildman–Crippen MR) is 57.9 cm³/mol. The fourth-order valence-corrected chi connectivity index (χ4v) is 1.94. The normalized spacial score (nSPS) is 10.1. The molecule has 14 heavy (non-hydrogen) atoms. The van der Waals surface area contributed by atoms with Gasteiger partial charge in [-0.15, -0.1) is 0 Å². The Hall–Kier alpha value is -1.19. The van der Waals surface area contributed by atoms with E-state index in [9.17, 15) is 4.79 Å². The topological polar surface area (TPSA) is 30.0 Å². The van der Waals surface area contributed by atoms with Crippen molar-refractivity contribution in [2.75, 3.05) is 0 Å². The second-order valence-corrected chi connectivity index (χ2v) is 3.98. The van der Waals surface area contributed by atoms with Crippen LogP contribution in [0.2, 0.25) is 5.02 Å². The van der Waals surface area contributed by atoms with Gasteiger partial charge in [-0.25, -0.2) is 0 Å². The molecule has 0 aliphatic carbocycles. The second kappa shape index (κ2) is 3.90. The smallest absolute Gasteiger partial charge is 0.169 e. The Morgan fingerprint density at radius 2 is 2.00 bits per heavy atom. The highest BCUT2D eigenvalue weighted by Gasteiger charge is 2.02. The lowest BCUT2D eigenvalue weighted by molar-refractivity contribution is 0.112. The molecule has 0 saturated heterocycles. The van der Waals surface area contributed by atoms with Gasteiger partial charge >= 0.3 is 0 Å². The zero-order valence-electron chi connectivity index (χ0n) is 7.11. The van der Waals surface area contributed by atoms with Crippen molar-refractivity contribution in [1.29, 1.82) is 0 Å². The van der Waals surface area contributed by atoms with Gasteiger partial charge in [-0.3, -0.25) is 4.79 Å². The molecule has 0 bridgehead atoms. The summed E-state index contributed by atoms with van der Waals surface area (Å²) < 4.78 is 3.97. The number of halogens is 1. The molecular formula is C10H6ClNOS. The molecular weight excluding hydrogens is 218 g/mol. The molecule has 0 saturated carbocycles. The van der Waals surface area contributed by atoms with E-state index in [1.165, 1.54) is 11.5 Å². The lowest BCUT2D eigenvalue weighted by Gasteiger charge is -1.94. The number of aldehydes is 1. The predicted octanol–water partition coefficient (Wildman–Crippen LogP) is 3.28. The van der Waals surface area contributed by atoms with Crippen molar-refractivity contribution in [3.8, 4) is 10.4 Å². The van der Waals surface area contributed by atoms with Crippen LogP contribution in [0.3, 0.4) is 0 Å². The van der Waals surface area contributed by atoms with Gasteiger partial charge in [-0.2, -0.15) is 4.37 Å². The van der Waals surface area contributed by atoms with Gasteiger partial charge in [0.15, 0.2) is 6.29 Å². The van der Waals surface area contributed by atoms with E-state index in [0.717, 1.165) is 16.7 Å². The molecule has 0 aliphatic rings. The van der Waals surface area contributed by atoms with Crippen molar-refractivity contribution in [3.05, 3.63) is 41.0 Å². The van der Waals surface area contributed by atoms with Gasteiger partial charge in [0.25, 0.3) is 0 Å². The first-order valence-corrected chi connectivity index (χ1v) is 5.12. The summed E-state index contributed by atoms with van der Waals surface area (Å²) in [5, 5.41) is 0.703. The van der Waals surface area contributed by atoms with Crippen LogP contribution in [-0.4, -0.2) is 10.7 Å². The number of nitrogens with zero attached hydrogens (tertiary/aromatic N) is 1. The highest BCUT2D eigenvalue weighted by molar-refractivity contribution is 7.09. The number of benzene rings is 1. The molecule has 2 nitrogen and oxygen atoms in total. The number of carbonyl (C=O) groups excluding carboxylic acids is 1. The first-order chi connectivity index (χ1) is 6.79. The van der Waals surface area contributed by atoms with Crippen LogP contribution < -0.4 is 0 Å². The summed E-state index contributed by atoms with van der Waals surface area (Å²) in [6.07, 6.45) is 0.746. The summed E-state index contributed by atoms with van der Waals surface area (Å²) >= 11 is 7.07. The van der Waals surface area contributed by atoms with E-state index in [1.807, 2.05) is 24.3 Å². The molecule has 0 atom stereocenters. The van der Waals surface area contributed by atoms with Gasteiger partial charge < -0.3 is 0 Å². The molecule has 0 fully saturated rings. The Balaban J connectivity index is 2.39.